The Bertz CT molecular complexity index is 41.8. The minimum atomic E-state index is 0. The lowest BCUT2D eigenvalue weighted by Gasteiger charge is -2.00. The summed E-state index contributed by atoms with van der Waals surface area (Å²) in [5, 5.41) is 0. The first-order valence-corrected chi connectivity index (χ1v) is 3.77. The van der Waals surface area contributed by atoms with Crippen molar-refractivity contribution in [3.8, 4) is 0 Å². The molecule has 0 rings (SSSR count). The molecule has 0 nitrogen and oxygen atoms in total. The summed E-state index contributed by atoms with van der Waals surface area (Å²) < 4.78 is 0. The lowest BCUT2D eigenvalue weighted by atomic mass is 10.1. The Morgan fingerprint density at radius 2 is 1.67 bits per heavy atom. The van der Waals surface area contributed by atoms with Crippen LogP contribution in [0, 0.1) is 5.92 Å². The van der Waals surface area contributed by atoms with Crippen molar-refractivity contribution in [1.82, 2.24) is 0 Å². The summed E-state index contributed by atoms with van der Waals surface area (Å²) in [6.07, 6.45) is 5.60. The fourth-order valence-corrected chi connectivity index (χ4v) is 0.803. The van der Waals surface area contributed by atoms with Gasteiger partial charge in [0, 0.05) is 0 Å². The van der Waals surface area contributed by atoms with Crippen LogP contribution < -0.4 is 0 Å². The molecule has 0 aromatic carbocycles. The standard InChI is InChI=1S/C8H18.ClH/c1-4-5-6-7-8(2)3;/h8H,4-7H2,1-3H3;1H. The van der Waals surface area contributed by atoms with Crippen LogP contribution in [0.5, 0.6) is 0 Å². The van der Waals surface area contributed by atoms with Crippen LogP contribution in [0.3, 0.4) is 0 Å². The van der Waals surface area contributed by atoms with Gasteiger partial charge in [0.05, 0.1) is 0 Å². The van der Waals surface area contributed by atoms with Crippen molar-refractivity contribution < 1.29 is 0 Å². The Morgan fingerprint density at radius 3 is 2.00 bits per heavy atom. The van der Waals surface area contributed by atoms with E-state index < -0.39 is 0 Å². The Kier molecular flexibility index (Phi) is 11.1. The second kappa shape index (κ2) is 8.29. The van der Waals surface area contributed by atoms with Gasteiger partial charge in [0.1, 0.15) is 0 Å². The molecule has 0 aromatic rings. The van der Waals surface area contributed by atoms with Crippen molar-refractivity contribution in [2.24, 2.45) is 5.92 Å². The molecule has 0 aliphatic heterocycles. The summed E-state index contributed by atoms with van der Waals surface area (Å²) in [4.78, 5) is 0. The van der Waals surface area contributed by atoms with Crippen LogP contribution in [-0.4, -0.2) is 0 Å². The van der Waals surface area contributed by atoms with Crippen molar-refractivity contribution in [3.63, 3.8) is 0 Å². The average Bonchev–Trinajstić information content (AvgIpc) is 1.66. The molecule has 0 saturated heterocycles. The normalized spacial score (nSPS) is 9.33. The van der Waals surface area contributed by atoms with Crippen LogP contribution in [0.2, 0.25) is 0 Å². The molecular weight excluding hydrogens is 132 g/mol. The first kappa shape index (κ1) is 12.0. The molecule has 0 radical (unpaired) electrons. The zero-order valence-electron chi connectivity index (χ0n) is 6.81. The minimum Gasteiger partial charge on any atom is -0.147 e. The number of hydrogen-bond acceptors (Lipinski definition) is 0. The van der Waals surface area contributed by atoms with Crippen molar-refractivity contribution in [2.45, 2.75) is 46.5 Å². The Labute approximate surface area is 65.4 Å². The lowest BCUT2D eigenvalue weighted by molar-refractivity contribution is 0.534. The molecule has 0 heterocycles. The molecule has 0 aliphatic rings. The number of rotatable bonds is 4. The Morgan fingerprint density at radius 1 is 1.11 bits per heavy atom. The molecule has 0 aliphatic carbocycles. The van der Waals surface area contributed by atoms with Crippen LogP contribution in [-0.2, 0) is 0 Å². The van der Waals surface area contributed by atoms with Gasteiger partial charge in [-0.1, -0.05) is 46.5 Å². The number of halogens is 1. The zero-order chi connectivity index (χ0) is 6.41. The van der Waals surface area contributed by atoms with Crippen molar-refractivity contribution in [1.29, 1.82) is 0 Å². The third kappa shape index (κ3) is 11.7. The van der Waals surface area contributed by atoms with E-state index in [2.05, 4.69) is 20.8 Å². The second-order valence-corrected chi connectivity index (χ2v) is 2.89. The summed E-state index contributed by atoms with van der Waals surface area (Å²) >= 11 is 0. The van der Waals surface area contributed by atoms with Gasteiger partial charge in [-0.2, -0.15) is 0 Å². The van der Waals surface area contributed by atoms with Crippen LogP contribution in [0.4, 0.5) is 0 Å². The quantitative estimate of drug-likeness (QED) is 0.537. The fraction of sp³-hybridized carbons (Fsp3) is 1.00. The van der Waals surface area contributed by atoms with Crippen molar-refractivity contribution in [3.05, 3.63) is 0 Å². The Hall–Kier alpha value is 0.290. The highest BCUT2D eigenvalue weighted by molar-refractivity contribution is 5.85. The van der Waals surface area contributed by atoms with E-state index in [1.807, 2.05) is 0 Å². The van der Waals surface area contributed by atoms with E-state index in [4.69, 9.17) is 0 Å². The molecule has 0 atom stereocenters. The van der Waals surface area contributed by atoms with E-state index >= 15 is 0 Å². The number of hydrogen-bond donors (Lipinski definition) is 0. The molecule has 0 spiro atoms. The molecule has 0 fully saturated rings. The maximum atomic E-state index is 2.29. The van der Waals surface area contributed by atoms with Gasteiger partial charge in [0.25, 0.3) is 0 Å². The summed E-state index contributed by atoms with van der Waals surface area (Å²) in [6.45, 7) is 6.83. The molecule has 0 aromatic heterocycles. The van der Waals surface area contributed by atoms with Gasteiger partial charge in [-0.3, -0.25) is 0 Å². The second-order valence-electron chi connectivity index (χ2n) is 2.89. The maximum Gasteiger partial charge on any atom is -0.0471 e. The highest BCUT2D eigenvalue weighted by Gasteiger charge is 1.90. The van der Waals surface area contributed by atoms with Crippen LogP contribution in [0.15, 0.2) is 0 Å². The first-order valence-electron chi connectivity index (χ1n) is 3.77. The molecule has 0 saturated carbocycles. The van der Waals surface area contributed by atoms with E-state index in [9.17, 15) is 0 Å². The van der Waals surface area contributed by atoms with E-state index in [0.717, 1.165) is 5.92 Å². The molecule has 9 heavy (non-hydrogen) atoms. The van der Waals surface area contributed by atoms with Gasteiger partial charge in [-0.05, 0) is 5.92 Å². The molecule has 58 valence electrons. The van der Waals surface area contributed by atoms with E-state index in [1.165, 1.54) is 25.7 Å². The van der Waals surface area contributed by atoms with Gasteiger partial charge >= 0.3 is 0 Å². The van der Waals surface area contributed by atoms with Gasteiger partial charge in [0.2, 0.25) is 0 Å². The highest BCUT2D eigenvalue weighted by Crippen LogP contribution is 2.06. The van der Waals surface area contributed by atoms with E-state index in [-0.39, 0.29) is 12.4 Å². The zero-order valence-corrected chi connectivity index (χ0v) is 7.63. The molecule has 1 heteroatoms. The Balaban J connectivity index is 0. The molecule has 0 amide bonds. The lowest BCUT2D eigenvalue weighted by Crippen LogP contribution is -1.85. The summed E-state index contributed by atoms with van der Waals surface area (Å²) in [6, 6.07) is 0. The van der Waals surface area contributed by atoms with Crippen molar-refractivity contribution in [2.75, 3.05) is 0 Å². The largest absolute Gasteiger partial charge is 0.147 e. The van der Waals surface area contributed by atoms with Gasteiger partial charge in [-0.25, -0.2) is 0 Å². The van der Waals surface area contributed by atoms with Crippen LogP contribution in [0.1, 0.15) is 46.5 Å². The van der Waals surface area contributed by atoms with E-state index in [1.54, 1.807) is 0 Å². The van der Waals surface area contributed by atoms with Crippen molar-refractivity contribution >= 4 is 12.4 Å². The number of unbranched alkanes of at least 4 members (excludes halogenated alkanes) is 2. The predicted molar refractivity (Wildman–Crippen MR) is 46.2 cm³/mol. The predicted octanol–water partition coefficient (Wildman–Crippen LogP) is 3.64. The van der Waals surface area contributed by atoms with Gasteiger partial charge in [0.15, 0.2) is 0 Å². The fourth-order valence-electron chi connectivity index (χ4n) is 0.803. The third-order valence-electron chi connectivity index (χ3n) is 1.39. The summed E-state index contributed by atoms with van der Waals surface area (Å²) in [7, 11) is 0. The third-order valence-corrected chi connectivity index (χ3v) is 1.39. The van der Waals surface area contributed by atoms with E-state index in [0.29, 0.717) is 0 Å². The van der Waals surface area contributed by atoms with Gasteiger partial charge in [-0.15, -0.1) is 12.4 Å². The monoisotopic (exact) mass is 150 g/mol. The topological polar surface area (TPSA) is 0 Å². The molecule has 0 N–H and O–H groups in total. The minimum absolute atomic E-state index is 0. The highest BCUT2D eigenvalue weighted by atomic mass is 35.5. The summed E-state index contributed by atoms with van der Waals surface area (Å²) in [5.41, 5.74) is 0. The maximum absolute atomic E-state index is 2.29. The first-order chi connectivity index (χ1) is 3.77. The average molecular weight is 151 g/mol. The molecule has 0 unspecified atom stereocenters. The molecule has 0 bridgehead atoms. The van der Waals surface area contributed by atoms with Gasteiger partial charge < -0.3 is 0 Å². The smallest absolute Gasteiger partial charge is 0.0471 e. The van der Waals surface area contributed by atoms with Crippen LogP contribution >= 0.6 is 12.4 Å². The molecular formula is C8H19Cl. The SMILES string of the molecule is CCCCCC(C)C.Cl. The summed E-state index contributed by atoms with van der Waals surface area (Å²) in [5.74, 6) is 0.904. The van der Waals surface area contributed by atoms with Crippen LogP contribution in [0.25, 0.3) is 0 Å².